The van der Waals surface area contributed by atoms with Crippen LogP contribution < -0.4 is 11.1 Å². The van der Waals surface area contributed by atoms with Gasteiger partial charge in [-0.05, 0) is 12.8 Å². The van der Waals surface area contributed by atoms with Crippen molar-refractivity contribution < 1.29 is 8.78 Å². The molecule has 0 saturated heterocycles. The van der Waals surface area contributed by atoms with Crippen LogP contribution in [0.2, 0.25) is 0 Å². The van der Waals surface area contributed by atoms with E-state index in [2.05, 4.69) is 10.3 Å². The summed E-state index contributed by atoms with van der Waals surface area (Å²) in [4.78, 5) is 4.30. The number of halogens is 2. The highest BCUT2D eigenvalue weighted by Gasteiger charge is 2.13. The predicted molar refractivity (Wildman–Crippen MR) is 61.6 cm³/mol. The Morgan fingerprint density at radius 2 is 2.00 bits per heavy atom. The van der Waals surface area contributed by atoms with Gasteiger partial charge in [0.15, 0.2) is 0 Å². The number of hydrogen-bond acceptors (Lipinski definition) is 3. The van der Waals surface area contributed by atoms with E-state index in [0.717, 1.165) is 12.8 Å². The van der Waals surface area contributed by atoms with E-state index < -0.39 is 12.1 Å². The van der Waals surface area contributed by atoms with Crippen molar-refractivity contribution in [2.24, 2.45) is 10.7 Å². The van der Waals surface area contributed by atoms with E-state index in [1.165, 1.54) is 25.5 Å². The minimum absolute atomic E-state index is 0.223. The lowest BCUT2D eigenvalue weighted by molar-refractivity contribution is 0.186. The minimum Gasteiger partial charge on any atom is -0.396 e. The van der Waals surface area contributed by atoms with Gasteiger partial charge in [-0.25, -0.2) is 8.78 Å². The molecule has 0 radical (unpaired) electrons. The molecule has 1 rings (SSSR count). The van der Waals surface area contributed by atoms with Crippen LogP contribution in [0.15, 0.2) is 16.4 Å². The summed E-state index contributed by atoms with van der Waals surface area (Å²) in [5.41, 5.74) is 5.04. The third-order valence-corrected chi connectivity index (χ3v) is 2.80. The van der Waals surface area contributed by atoms with Crippen LogP contribution in [0.4, 0.5) is 8.78 Å². The van der Waals surface area contributed by atoms with Gasteiger partial charge >= 0.3 is 0 Å². The van der Waals surface area contributed by atoms with E-state index in [0.29, 0.717) is 0 Å². The molecule has 0 bridgehead atoms. The van der Waals surface area contributed by atoms with Crippen molar-refractivity contribution in [1.29, 1.82) is 0 Å². The average Bonchev–Trinajstić information content (AvgIpc) is 2.30. The minimum atomic E-state index is -2.64. The van der Waals surface area contributed by atoms with Crippen LogP contribution in [0.3, 0.4) is 0 Å². The normalized spacial score (nSPS) is 20.2. The van der Waals surface area contributed by atoms with Crippen LogP contribution in [0.1, 0.15) is 32.1 Å². The fraction of sp³-hybridized carbons (Fsp3) is 0.727. The molecule has 0 aromatic heterocycles. The van der Waals surface area contributed by atoms with Gasteiger partial charge in [0.2, 0.25) is 0 Å². The second-order valence-corrected chi connectivity index (χ2v) is 3.99. The third kappa shape index (κ3) is 3.79. The highest BCUT2D eigenvalue weighted by Crippen LogP contribution is 2.20. The topological polar surface area (TPSA) is 50.4 Å². The molecule has 0 heterocycles. The SMILES string of the molecule is CN/C(C=NC1CCCCC1)=C(/N)C(F)F. The highest BCUT2D eigenvalue weighted by molar-refractivity contribution is 5.78. The van der Waals surface area contributed by atoms with Crippen LogP contribution in [0.25, 0.3) is 0 Å². The Kier molecular flexibility index (Phi) is 5.22. The molecular formula is C11H19F2N3. The summed E-state index contributed by atoms with van der Waals surface area (Å²) < 4.78 is 24.7. The van der Waals surface area contributed by atoms with Gasteiger partial charge in [-0.3, -0.25) is 4.99 Å². The molecule has 3 N–H and O–H groups in total. The fourth-order valence-corrected chi connectivity index (χ4v) is 1.81. The van der Waals surface area contributed by atoms with E-state index >= 15 is 0 Å². The Hall–Kier alpha value is -1.13. The summed E-state index contributed by atoms with van der Waals surface area (Å²) in [7, 11) is 1.57. The second-order valence-electron chi connectivity index (χ2n) is 3.99. The van der Waals surface area contributed by atoms with E-state index in [9.17, 15) is 8.78 Å². The molecular weight excluding hydrogens is 212 g/mol. The molecule has 0 atom stereocenters. The predicted octanol–water partition coefficient (Wildman–Crippen LogP) is 2.04. The van der Waals surface area contributed by atoms with Gasteiger partial charge in [-0.2, -0.15) is 0 Å². The van der Waals surface area contributed by atoms with E-state index in [1.807, 2.05) is 0 Å². The Morgan fingerprint density at radius 3 is 2.50 bits per heavy atom. The Bertz CT molecular complexity index is 268. The van der Waals surface area contributed by atoms with Gasteiger partial charge in [-0.15, -0.1) is 0 Å². The Balaban J connectivity index is 2.61. The molecule has 1 aliphatic carbocycles. The number of nitrogens with one attached hydrogen (secondary N) is 1. The van der Waals surface area contributed by atoms with Crippen molar-refractivity contribution in [3.63, 3.8) is 0 Å². The first-order valence-electron chi connectivity index (χ1n) is 5.64. The zero-order valence-electron chi connectivity index (χ0n) is 9.55. The van der Waals surface area contributed by atoms with Crippen molar-refractivity contribution in [2.45, 2.75) is 44.6 Å². The first-order chi connectivity index (χ1) is 7.65. The van der Waals surface area contributed by atoms with Crippen molar-refractivity contribution in [1.82, 2.24) is 5.32 Å². The van der Waals surface area contributed by atoms with Gasteiger partial charge in [0.05, 0.1) is 11.7 Å². The number of allylic oxidation sites excluding steroid dienone is 2. The van der Waals surface area contributed by atoms with Crippen LogP contribution in [-0.4, -0.2) is 25.7 Å². The molecule has 0 aromatic carbocycles. The van der Waals surface area contributed by atoms with Crippen molar-refractivity contribution in [3.05, 3.63) is 11.4 Å². The van der Waals surface area contributed by atoms with Crippen molar-refractivity contribution >= 4 is 6.21 Å². The molecule has 1 aliphatic rings. The zero-order chi connectivity index (χ0) is 12.0. The molecule has 1 saturated carbocycles. The molecule has 0 unspecified atom stereocenters. The van der Waals surface area contributed by atoms with Gasteiger partial charge in [0.25, 0.3) is 6.43 Å². The lowest BCUT2D eigenvalue weighted by Gasteiger charge is -2.17. The Morgan fingerprint density at radius 1 is 1.38 bits per heavy atom. The lowest BCUT2D eigenvalue weighted by atomic mass is 9.96. The maximum atomic E-state index is 12.3. The monoisotopic (exact) mass is 231 g/mol. The van der Waals surface area contributed by atoms with Crippen LogP contribution in [0, 0.1) is 0 Å². The van der Waals surface area contributed by atoms with Crippen LogP contribution in [-0.2, 0) is 0 Å². The molecule has 0 spiro atoms. The third-order valence-electron chi connectivity index (χ3n) is 2.80. The number of hydrogen-bond donors (Lipinski definition) is 2. The molecule has 0 aliphatic heterocycles. The Labute approximate surface area is 94.8 Å². The van der Waals surface area contributed by atoms with Crippen molar-refractivity contribution in [2.75, 3.05) is 7.05 Å². The first-order valence-corrected chi connectivity index (χ1v) is 5.64. The number of rotatable bonds is 4. The zero-order valence-corrected chi connectivity index (χ0v) is 9.55. The summed E-state index contributed by atoms with van der Waals surface area (Å²) in [5.74, 6) is 0. The van der Waals surface area contributed by atoms with Crippen molar-refractivity contribution in [3.8, 4) is 0 Å². The second kappa shape index (κ2) is 6.45. The number of aliphatic imine (C=N–C) groups is 1. The number of nitrogens with zero attached hydrogens (tertiary/aromatic N) is 1. The van der Waals surface area contributed by atoms with E-state index in [4.69, 9.17) is 5.73 Å². The van der Waals surface area contributed by atoms with Crippen LogP contribution in [0.5, 0.6) is 0 Å². The average molecular weight is 231 g/mol. The number of nitrogens with two attached hydrogens (primary N) is 1. The maximum Gasteiger partial charge on any atom is 0.279 e. The summed E-state index contributed by atoms with van der Waals surface area (Å²) in [6.45, 7) is 0. The lowest BCUT2D eigenvalue weighted by Crippen LogP contribution is -2.21. The first kappa shape index (κ1) is 12.9. The number of alkyl halides is 2. The van der Waals surface area contributed by atoms with Gasteiger partial charge in [0.1, 0.15) is 5.70 Å². The van der Waals surface area contributed by atoms with Gasteiger partial charge in [0, 0.05) is 13.3 Å². The molecule has 3 nitrogen and oxygen atoms in total. The fourth-order valence-electron chi connectivity index (χ4n) is 1.81. The standard InChI is InChI=1S/C11H19F2N3/c1-15-9(10(14)11(12)13)7-16-8-5-3-2-4-6-8/h7-8,11,15H,2-6,14H2,1H3/b10-9+,16-7?. The maximum absolute atomic E-state index is 12.3. The van der Waals surface area contributed by atoms with E-state index in [-0.39, 0.29) is 11.7 Å². The van der Waals surface area contributed by atoms with Crippen LogP contribution >= 0.6 is 0 Å². The molecule has 0 aromatic rings. The molecule has 0 amide bonds. The molecule has 92 valence electrons. The highest BCUT2D eigenvalue weighted by atomic mass is 19.3. The summed E-state index contributed by atoms with van der Waals surface area (Å²) in [6, 6.07) is 0.266. The molecule has 16 heavy (non-hydrogen) atoms. The quantitative estimate of drug-likeness (QED) is 0.727. The van der Waals surface area contributed by atoms with Gasteiger partial charge < -0.3 is 11.1 Å². The summed E-state index contributed by atoms with van der Waals surface area (Å²) in [5, 5.41) is 2.65. The summed E-state index contributed by atoms with van der Waals surface area (Å²) in [6.07, 6.45) is 4.48. The largest absolute Gasteiger partial charge is 0.396 e. The summed E-state index contributed by atoms with van der Waals surface area (Å²) >= 11 is 0. The van der Waals surface area contributed by atoms with Gasteiger partial charge in [-0.1, -0.05) is 19.3 Å². The molecule has 5 heteroatoms. The van der Waals surface area contributed by atoms with E-state index in [1.54, 1.807) is 7.05 Å². The smallest absolute Gasteiger partial charge is 0.279 e. The molecule has 1 fully saturated rings.